The van der Waals surface area contributed by atoms with Gasteiger partial charge >= 0.3 is 0 Å². The molecule has 0 saturated heterocycles. The predicted molar refractivity (Wildman–Crippen MR) is 129 cm³/mol. The van der Waals surface area contributed by atoms with Gasteiger partial charge in [-0.2, -0.15) is 0 Å². The van der Waals surface area contributed by atoms with Crippen molar-refractivity contribution in [3.05, 3.63) is 42.2 Å². The molecule has 0 saturated carbocycles. The van der Waals surface area contributed by atoms with E-state index in [-0.39, 0.29) is 13.0 Å². The summed E-state index contributed by atoms with van der Waals surface area (Å²) in [5.74, 6) is 1.23. The minimum Gasteiger partial charge on any atom is -0.491 e. The maximum absolute atomic E-state index is 13.7. The zero-order valence-corrected chi connectivity index (χ0v) is 19.9. The number of unbranched alkanes of at least 4 members (excludes halogenated alkanes) is 8. The Kier molecular flexibility index (Phi) is 12.9. The third-order valence-electron chi connectivity index (χ3n) is 5.77. The van der Waals surface area contributed by atoms with Crippen LogP contribution in [0.25, 0.3) is 11.4 Å². The molecule has 0 bridgehead atoms. The maximum Gasteiger partial charge on any atom is 0.159 e. The quantitative estimate of drug-likeness (QED) is 0.230. The van der Waals surface area contributed by atoms with Crippen molar-refractivity contribution in [2.24, 2.45) is 0 Å². The molecule has 0 spiro atoms. The molecule has 2 unspecified atom stereocenters. The first-order valence-electron chi connectivity index (χ1n) is 12.4. The Morgan fingerprint density at radius 1 is 0.781 bits per heavy atom. The van der Waals surface area contributed by atoms with E-state index in [1.807, 2.05) is 24.5 Å². The molecule has 0 amide bonds. The predicted octanol–water partition coefficient (Wildman–Crippen LogP) is 8.07. The van der Waals surface area contributed by atoms with E-state index in [4.69, 9.17) is 4.74 Å². The molecule has 0 aliphatic heterocycles. The second kappa shape index (κ2) is 15.7. The molecule has 0 aliphatic carbocycles. The Balaban J connectivity index is 1.68. The van der Waals surface area contributed by atoms with Crippen LogP contribution in [0.4, 0.5) is 8.78 Å². The highest BCUT2D eigenvalue weighted by Crippen LogP contribution is 2.21. The third-order valence-corrected chi connectivity index (χ3v) is 5.77. The normalized spacial score (nSPS) is 13.1. The molecular weight excluding hydrogens is 406 g/mol. The third kappa shape index (κ3) is 10.5. The summed E-state index contributed by atoms with van der Waals surface area (Å²) >= 11 is 0. The van der Waals surface area contributed by atoms with Gasteiger partial charge in [0.15, 0.2) is 5.82 Å². The molecule has 0 radical (unpaired) electrons. The molecule has 0 fully saturated rings. The van der Waals surface area contributed by atoms with E-state index < -0.39 is 12.3 Å². The van der Waals surface area contributed by atoms with Gasteiger partial charge in [-0.15, -0.1) is 0 Å². The molecule has 2 aromatic rings. The molecule has 2 atom stereocenters. The van der Waals surface area contributed by atoms with Crippen LogP contribution in [0.2, 0.25) is 0 Å². The molecule has 1 aromatic carbocycles. The zero-order chi connectivity index (χ0) is 23.0. The van der Waals surface area contributed by atoms with Crippen molar-refractivity contribution >= 4 is 0 Å². The SMILES string of the molecule is CCCCCCCCCCCc1cnc(-c2ccc(OCC(F)CC(F)CC)cc2)nc1. The van der Waals surface area contributed by atoms with Crippen LogP contribution in [0.3, 0.4) is 0 Å². The minimum atomic E-state index is -1.30. The second-order valence-corrected chi connectivity index (χ2v) is 8.67. The van der Waals surface area contributed by atoms with Crippen LogP contribution in [0.5, 0.6) is 5.75 Å². The summed E-state index contributed by atoms with van der Waals surface area (Å²) in [7, 11) is 0. The zero-order valence-electron chi connectivity index (χ0n) is 19.9. The number of aromatic nitrogens is 2. The summed E-state index contributed by atoms with van der Waals surface area (Å²) in [6, 6.07) is 7.27. The van der Waals surface area contributed by atoms with Gasteiger partial charge in [0.2, 0.25) is 0 Å². The van der Waals surface area contributed by atoms with Crippen molar-refractivity contribution in [2.75, 3.05) is 6.61 Å². The summed E-state index contributed by atoms with van der Waals surface area (Å²) in [5.41, 5.74) is 2.06. The Bertz CT molecular complexity index is 721. The van der Waals surface area contributed by atoms with Crippen molar-refractivity contribution in [2.45, 2.75) is 103 Å². The molecule has 2 rings (SSSR count). The van der Waals surface area contributed by atoms with E-state index in [1.54, 1.807) is 19.1 Å². The maximum atomic E-state index is 13.7. The minimum absolute atomic E-state index is 0.117. The second-order valence-electron chi connectivity index (χ2n) is 8.67. The Hall–Kier alpha value is -2.04. The largest absolute Gasteiger partial charge is 0.491 e. The van der Waals surface area contributed by atoms with Crippen LogP contribution in [-0.2, 0) is 6.42 Å². The molecule has 0 aliphatic rings. The van der Waals surface area contributed by atoms with Gasteiger partial charge in [0.1, 0.15) is 24.7 Å². The summed E-state index contributed by atoms with van der Waals surface area (Å²) in [5, 5.41) is 0. The summed E-state index contributed by atoms with van der Waals surface area (Å²) in [4.78, 5) is 9.00. The Morgan fingerprint density at radius 2 is 1.38 bits per heavy atom. The van der Waals surface area contributed by atoms with Crippen molar-refractivity contribution in [3.63, 3.8) is 0 Å². The smallest absolute Gasteiger partial charge is 0.159 e. The first kappa shape index (κ1) is 26.2. The van der Waals surface area contributed by atoms with Crippen molar-refractivity contribution < 1.29 is 13.5 Å². The molecule has 0 N–H and O–H groups in total. The number of hydrogen-bond acceptors (Lipinski definition) is 3. The fraction of sp³-hybridized carbons (Fsp3) is 0.630. The van der Waals surface area contributed by atoms with Gasteiger partial charge in [0, 0.05) is 24.4 Å². The van der Waals surface area contributed by atoms with Crippen molar-refractivity contribution in [1.82, 2.24) is 9.97 Å². The van der Waals surface area contributed by atoms with Gasteiger partial charge in [0.05, 0.1) is 0 Å². The summed E-state index contributed by atoms with van der Waals surface area (Å²) in [6.07, 6.45) is 14.6. The number of alkyl halides is 2. The number of halogens is 2. The number of nitrogens with zero attached hydrogens (tertiary/aromatic N) is 2. The highest BCUT2D eigenvalue weighted by atomic mass is 19.1. The number of hydrogen-bond donors (Lipinski definition) is 0. The molecule has 1 heterocycles. The van der Waals surface area contributed by atoms with Crippen LogP contribution < -0.4 is 4.74 Å². The van der Waals surface area contributed by atoms with Gasteiger partial charge in [-0.3, -0.25) is 0 Å². The lowest BCUT2D eigenvalue weighted by Gasteiger charge is -2.12. The molecule has 32 heavy (non-hydrogen) atoms. The molecule has 5 heteroatoms. The lowest BCUT2D eigenvalue weighted by Crippen LogP contribution is -2.17. The van der Waals surface area contributed by atoms with E-state index in [0.29, 0.717) is 18.0 Å². The summed E-state index contributed by atoms with van der Waals surface area (Å²) in [6.45, 7) is 3.83. The first-order chi connectivity index (χ1) is 15.6. The van der Waals surface area contributed by atoms with Crippen LogP contribution in [-0.4, -0.2) is 28.9 Å². The van der Waals surface area contributed by atoms with Gasteiger partial charge in [0.25, 0.3) is 0 Å². The van der Waals surface area contributed by atoms with E-state index in [0.717, 1.165) is 12.0 Å². The van der Waals surface area contributed by atoms with Crippen LogP contribution in [0, 0.1) is 0 Å². The molecule has 178 valence electrons. The average Bonchev–Trinajstić information content (AvgIpc) is 2.82. The van der Waals surface area contributed by atoms with Crippen LogP contribution in [0.15, 0.2) is 36.7 Å². The highest BCUT2D eigenvalue weighted by molar-refractivity contribution is 5.55. The van der Waals surface area contributed by atoms with Gasteiger partial charge < -0.3 is 4.74 Å². The van der Waals surface area contributed by atoms with Crippen molar-refractivity contribution in [1.29, 1.82) is 0 Å². The van der Waals surface area contributed by atoms with Crippen molar-refractivity contribution in [3.8, 4) is 17.1 Å². The fourth-order valence-corrected chi connectivity index (χ4v) is 3.67. The average molecular weight is 447 g/mol. The van der Waals surface area contributed by atoms with E-state index in [9.17, 15) is 8.78 Å². The van der Waals surface area contributed by atoms with Gasteiger partial charge in [-0.05, 0) is 49.1 Å². The number of aryl methyl sites for hydroxylation is 1. The Labute approximate surface area is 193 Å². The van der Waals surface area contributed by atoms with E-state index in [1.165, 1.54) is 63.4 Å². The number of benzene rings is 1. The molecule has 3 nitrogen and oxygen atoms in total. The van der Waals surface area contributed by atoms with Crippen LogP contribution in [0.1, 0.15) is 90.0 Å². The van der Waals surface area contributed by atoms with E-state index in [2.05, 4.69) is 16.9 Å². The number of rotatable bonds is 17. The monoisotopic (exact) mass is 446 g/mol. The van der Waals surface area contributed by atoms with Gasteiger partial charge in [-0.25, -0.2) is 18.7 Å². The lowest BCUT2D eigenvalue weighted by molar-refractivity contribution is 0.149. The standard InChI is InChI=1S/C27H40F2N2O/c1-3-5-6-7-8-9-10-11-12-13-22-19-30-27(31-20-22)23-14-16-26(17-15-23)32-21-25(29)18-24(28)4-2/h14-17,19-20,24-25H,3-13,18,21H2,1-2H3. The lowest BCUT2D eigenvalue weighted by atomic mass is 10.1. The van der Waals surface area contributed by atoms with E-state index >= 15 is 0 Å². The van der Waals surface area contributed by atoms with Gasteiger partial charge in [-0.1, -0.05) is 65.2 Å². The Morgan fingerprint density at radius 3 is 1.97 bits per heavy atom. The first-order valence-corrected chi connectivity index (χ1v) is 12.4. The fourth-order valence-electron chi connectivity index (χ4n) is 3.67. The molecular formula is C27H40F2N2O. The summed E-state index contributed by atoms with van der Waals surface area (Å²) < 4.78 is 32.4. The highest BCUT2D eigenvalue weighted by Gasteiger charge is 2.14. The topological polar surface area (TPSA) is 35.0 Å². The molecule has 1 aromatic heterocycles. The van der Waals surface area contributed by atoms with Crippen LogP contribution >= 0.6 is 0 Å². The number of ether oxygens (including phenoxy) is 1.